The summed E-state index contributed by atoms with van der Waals surface area (Å²) in [6, 6.07) is 13.2. The van der Waals surface area contributed by atoms with Crippen LogP contribution in [0.5, 0.6) is 5.75 Å². The lowest BCUT2D eigenvalue weighted by Gasteiger charge is -2.04. The zero-order valence-corrected chi connectivity index (χ0v) is 13.0. The molecule has 0 aliphatic carbocycles. The number of hydrogen-bond acceptors (Lipinski definition) is 3. The van der Waals surface area contributed by atoms with Crippen LogP contribution in [0.3, 0.4) is 0 Å². The fourth-order valence-corrected chi connectivity index (χ4v) is 2.73. The molecule has 0 atom stereocenters. The second-order valence-electron chi connectivity index (χ2n) is 5.47. The molecule has 0 saturated carbocycles. The SMILES string of the molecule is COc1cncc(-c2ccc3[nH]c(-c4ccnc(F)c4)cc3c2)c1. The minimum atomic E-state index is -0.491. The number of nitrogens with one attached hydrogen (secondary N) is 1. The molecular formula is C19H14FN3O. The zero-order chi connectivity index (χ0) is 16.5. The molecule has 0 unspecified atom stereocenters. The van der Waals surface area contributed by atoms with Crippen molar-refractivity contribution in [1.82, 2.24) is 15.0 Å². The van der Waals surface area contributed by atoms with Gasteiger partial charge >= 0.3 is 0 Å². The second kappa shape index (κ2) is 5.77. The number of halogens is 1. The first-order valence-corrected chi connectivity index (χ1v) is 7.47. The number of hydrogen-bond donors (Lipinski definition) is 1. The lowest BCUT2D eigenvalue weighted by atomic mass is 10.1. The molecule has 0 aliphatic heterocycles. The first-order chi connectivity index (χ1) is 11.7. The predicted molar refractivity (Wildman–Crippen MR) is 91.3 cm³/mol. The van der Waals surface area contributed by atoms with Crippen molar-refractivity contribution in [2.45, 2.75) is 0 Å². The maximum absolute atomic E-state index is 13.3. The number of benzene rings is 1. The predicted octanol–water partition coefficient (Wildman–Crippen LogP) is 4.44. The van der Waals surface area contributed by atoms with Gasteiger partial charge in [-0.2, -0.15) is 4.39 Å². The highest BCUT2D eigenvalue weighted by molar-refractivity contribution is 5.89. The van der Waals surface area contributed by atoms with Crippen LogP contribution < -0.4 is 4.74 Å². The van der Waals surface area contributed by atoms with E-state index >= 15 is 0 Å². The Kier molecular flexibility index (Phi) is 3.46. The highest BCUT2D eigenvalue weighted by Crippen LogP contribution is 2.29. The van der Waals surface area contributed by atoms with Crippen molar-refractivity contribution in [3.05, 3.63) is 67.0 Å². The number of nitrogens with zero attached hydrogens (tertiary/aromatic N) is 2. The second-order valence-corrected chi connectivity index (χ2v) is 5.47. The molecule has 4 aromatic rings. The van der Waals surface area contributed by atoms with Crippen molar-refractivity contribution >= 4 is 10.9 Å². The molecule has 3 aromatic heterocycles. The number of pyridine rings is 2. The van der Waals surface area contributed by atoms with Crippen molar-refractivity contribution in [1.29, 1.82) is 0 Å². The van der Waals surface area contributed by atoms with E-state index in [0.29, 0.717) is 0 Å². The minimum Gasteiger partial charge on any atom is -0.495 e. The Morgan fingerprint density at radius 3 is 2.71 bits per heavy atom. The fraction of sp³-hybridized carbons (Fsp3) is 0.0526. The minimum absolute atomic E-state index is 0.491. The number of fused-ring (bicyclic) bond motifs is 1. The Morgan fingerprint density at radius 1 is 0.958 bits per heavy atom. The molecule has 4 rings (SSSR count). The number of H-pyrrole nitrogens is 1. The van der Waals surface area contributed by atoms with Crippen LogP contribution in [-0.4, -0.2) is 22.1 Å². The fourth-order valence-electron chi connectivity index (χ4n) is 2.73. The Labute approximate surface area is 138 Å². The molecule has 0 radical (unpaired) electrons. The van der Waals surface area contributed by atoms with Gasteiger partial charge in [0.25, 0.3) is 0 Å². The number of ether oxygens (including phenoxy) is 1. The van der Waals surface area contributed by atoms with E-state index in [2.05, 4.69) is 21.0 Å². The van der Waals surface area contributed by atoms with Gasteiger partial charge in [0, 0.05) is 46.2 Å². The Morgan fingerprint density at radius 2 is 1.88 bits per heavy atom. The van der Waals surface area contributed by atoms with E-state index < -0.39 is 5.95 Å². The van der Waals surface area contributed by atoms with Crippen LogP contribution >= 0.6 is 0 Å². The van der Waals surface area contributed by atoms with E-state index in [4.69, 9.17) is 4.74 Å². The third-order valence-corrected chi connectivity index (χ3v) is 3.94. The summed E-state index contributed by atoms with van der Waals surface area (Å²) in [5.74, 6) is 0.226. The van der Waals surface area contributed by atoms with Crippen molar-refractivity contribution in [3.63, 3.8) is 0 Å². The van der Waals surface area contributed by atoms with Crippen LogP contribution in [0.2, 0.25) is 0 Å². The maximum Gasteiger partial charge on any atom is 0.213 e. The Bertz CT molecular complexity index is 1030. The van der Waals surface area contributed by atoms with Gasteiger partial charge in [-0.05, 0) is 35.9 Å². The van der Waals surface area contributed by atoms with Crippen LogP contribution in [0.15, 0.2) is 61.1 Å². The van der Waals surface area contributed by atoms with E-state index in [1.165, 1.54) is 12.3 Å². The first-order valence-electron chi connectivity index (χ1n) is 7.47. The smallest absolute Gasteiger partial charge is 0.213 e. The molecule has 118 valence electrons. The summed E-state index contributed by atoms with van der Waals surface area (Å²) in [4.78, 5) is 11.1. The zero-order valence-electron chi connectivity index (χ0n) is 13.0. The summed E-state index contributed by atoms with van der Waals surface area (Å²) in [6.45, 7) is 0. The summed E-state index contributed by atoms with van der Waals surface area (Å²) in [5.41, 5.74) is 4.63. The van der Waals surface area contributed by atoms with Gasteiger partial charge in [0.2, 0.25) is 5.95 Å². The van der Waals surface area contributed by atoms with Gasteiger partial charge in [-0.25, -0.2) is 4.98 Å². The number of aromatic nitrogens is 3. The third-order valence-electron chi connectivity index (χ3n) is 3.94. The molecule has 24 heavy (non-hydrogen) atoms. The Balaban J connectivity index is 1.78. The first kappa shape index (κ1) is 14.4. The van der Waals surface area contributed by atoms with Gasteiger partial charge in [-0.3, -0.25) is 4.98 Å². The summed E-state index contributed by atoms with van der Waals surface area (Å²) in [7, 11) is 1.62. The van der Waals surface area contributed by atoms with Crippen molar-refractivity contribution < 1.29 is 9.13 Å². The van der Waals surface area contributed by atoms with E-state index in [9.17, 15) is 4.39 Å². The highest BCUT2D eigenvalue weighted by atomic mass is 19.1. The molecule has 0 fully saturated rings. The topological polar surface area (TPSA) is 50.8 Å². The molecule has 0 amide bonds. The standard InChI is InChI=1S/C19H14FN3O/c1-24-16-7-15(10-21-11-16)12-2-3-17-14(6-12)8-18(23-17)13-4-5-22-19(20)9-13/h2-11,23H,1H3. The average Bonchev–Trinajstić information content (AvgIpc) is 3.05. The van der Waals surface area contributed by atoms with Gasteiger partial charge in [-0.1, -0.05) is 6.07 Å². The van der Waals surface area contributed by atoms with Crippen molar-refractivity contribution in [2.75, 3.05) is 7.11 Å². The molecule has 1 N–H and O–H groups in total. The van der Waals surface area contributed by atoms with E-state index in [1.54, 1.807) is 25.6 Å². The molecule has 0 saturated heterocycles. The lowest BCUT2D eigenvalue weighted by Crippen LogP contribution is -1.86. The van der Waals surface area contributed by atoms with Crippen molar-refractivity contribution in [3.8, 4) is 28.1 Å². The number of rotatable bonds is 3. The molecule has 1 aromatic carbocycles. The van der Waals surface area contributed by atoms with E-state index in [1.807, 2.05) is 24.3 Å². The molecule has 0 spiro atoms. The monoisotopic (exact) mass is 319 g/mol. The third kappa shape index (κ3) is 2.60. The summed E-state index contributed by atoms with van der Waals surface area (Å²) >= 11 is 0. The normalized spacial score (nSPS) is 10.9. The number of aromatic amines is 1. The molecule has 4 nitrogen and oxygen atoms in total. The van der Waals surface area contributed by atoms with Crippen molar-refractivity contribution in [2.24, 2.45) is 0 Å². The van der Waals surface area contributed by atoms with Gasteiger partial charge in [0.15, 0.2) is 0 Å². The van der Waals surface area contributed by atoms with Crippen LogP contribution in [0.4, 0.5) is 4.39 Å². The molecule has 0 aliphatic rings. The van der Waals surface area contributed by atoms with Gasteiger partial charge < -0.3 is 9.72 Å². The average molecular weight is 319 g/mol. The summed E-state index contributed by atoms with van der Waals surface area (Å²) in [5, 5.41) is 1.04. The van der Waals surface area contributed by atoms with E-state index in [0.717, 1.165) is 39.0 Å². The van der Waals surface area contributed by atoms with E-state index in [-0.39, 0.29) is 0 Å². The van der Waals surface area contributed by atoms with Crippen LogP contribution in [-0.2, 0) is 0 Å². The van der Waals surface area contributed by atoms with Gasteiger partial charge in [0.1, 0.15) is 5.75 Å². The lowest BCUT2D eigenvalue weighted by molar-refractivity contribution is 0.413. The number of methoxy groups -OCH3 is 1. The molecule has 0 bridgehead atoms. The molecular weight excluding hydrogens is 305 g/mol. The molecule has 5 heteroatoms. The maximum atomic E-state index is 13.3. The molecule has 3 heterocycles. The van der Waals surface area contributed by atoms with Crippen LogP contribution in [0.1, 0.15) is 0 Å². The highest BCUT2D eigenvalue weighted by Gasteiger charge is 2.07. The summed E-state index contributed by atoms with van der Waals surface area (Å²) < 4.78 is 18.5. The van der Waals surface area contributed by atoms with Gasteiger partial charge in [-0.15, -0.1) is 0 Å². The van der Waals surface area contributed by atoms with Crippen LogP contribution in [0.25, 0.3) is 33.3 Å². The van der Waals surface area contributed by atoms with Gasteiger partial charge in [0.05, 0.1) is 13.3 Å². The largest absolute Gasteiger partial charge is 0.495 e. The quantitative estimate of drug-likeness (QED) is 0.568. The Hall–Kier alpha value is -3.21. The summed E-state index contributed by atoms with van der Waals surface area (Å²) in [6.07, 6.45) is 4.94. The van der Waals surface area contributed by atoms with Crippen LogP contribution in [0, 0.1) is 5.95 Å².